The predicted octanol–water partition coefficient (Wildman–Crippen LogP) is 4.12. The van der Waals surface area contributed by atoms with E-state index in [1.807, 2.05) is 0 Å². The van der Waals surface area contributed by atoms with Gasteiger partial charge in [-0.1, -0.05) is 11.6 Å². The first-order chi connectivity index (χ1) is 11.7. The van der Waals surface area contributed by atoms with Gasteiger partial charge < -0.3 is 4.90 Å². The average molecular weight is 444 g/mol. The number of nitrogens with zero attached hydrogens (tertiary/aromatic N) is 1. The van der Waals surface area contributed by atoms with Crippen molar-refractivity contribution >= 4 is 54.8 Å². The van der Waals surface area contributed by atoms with Crippen LogP contribution in [0.3, 0.4) is 0 Å². The van der Waals surface area contributed by atoms with Crippen LogP contribution in [-0.2, 0) is 21.2 Å². The number of carbonyl (C=O) groups is 1. The Morgan fingerprint density at radius 3 is 2.68 bits per heavy atom. The number of carbonyl (C=O) groups excluding carboxylic acids is 1. The zero-order valence-electron chi connectivity index (χ0n) is 13.6. The molecule has 132 valence electrons. The monoisotopic (exact) mass is 442 g/mol. The van der Waals surface area contributed by atoms with Gasteiger partial charge in [0.05, 0.1) is 15.6 Å². The van der Waals surface area contributed by atoms with Crippen LogP contribution >= 0.6 is 27.5 Å². The molecule has 0 radical (unpaired) electrons. The van der Waals surface area contributed by atoms with Crippen molar-refractivity contribution in [3.63, 3.8) is 0 Å². The van der Waals surface area contributed by atoms with Crippen molar-refractivity contribution in [3.8, 4) is 0 Å². The van der Waals surface area contributed by atoms with Gasteiger partial charge in [-0.15, -0.1) is 0 Å². The molecule has 1 aliphatic rings. The fourth-order valence-corrected chi connectivity index (χ4v) is 4.63. The minimum atomic E-state index is -3.75. The first-order valence-electron chi connectivity index (χ1n) is 7.58. The van der Waals surface area contributed by atoms with E-state index in [1.165, 1.54) is 13.0 Å². The minimum absolute atomic E-state index is 0.0485. The van der Waals surface area contributed by atoms with Crippen molar-refractivity contribution in [1.29, 1.82) is 0 Å². The number of rotatable bonds is 3. The summed E-state index contributed by atoms with van der Waals surface area (Å²) in [6.45, 7) is 3.87. The summed E-state index contributed by atoms with van der Waals surface area (Å²) >= 11 is 9.38. The van der Waals surface area contributed by atoms with Crippen LogP contribution in [0.2, 0.25) is 5.02 Å². The van der Waals surface area contributed by atoms with Crippen molar-refractivity contribution in [2.75, 3.05) is 16.2 Å². The molecule has 1 aliphatic heterocycles. The average Bonchev–Trinajstić information content (AvgIpc) is 2.95. The van der Waals surface area contributed by atoms with Crippen LogP contribution < -0.4 is 9.62 Å². The standard InChI is InChI=1S/C17H16BrClN2O3S/c1-10-7-14(18)15(19)9-16(10)20-25(23,24)13-3-4-17-12(8-13)5-6-21(17)11(2)22/h3-4,7-9,20H,5-6H2,1-2H3. The summed E-state index contributed by atoms with van der Waals surface area (Å²) < 4.78 is 28.7. The molecule has 0 atom stereocenters. The Morgan fingerprint density at radius 1 is 1.28 bits per heavy atom. The van der Waals surface area contributed by atoms with Crippen molar-refractivity contribution in [1.82, 2.24) is 0 Å². The lowest BCUT2D eigenvalue weighted by Crippen LogP contribution is -2.25. The molecule has 1 N–H and O–H groups in total. The molecule has 25 heavy (non-hydrogen) atoms. The second-order valence-electron chi connectivity index (χ2n) is 5.90. The molecule has 0 spiro atoms. The number of hydrogen-bond acceptors (Lipinski definition) is 3. The summed E-state index contributed by atoms with van der Waals surface area (Å²) in [6.07, 6.45) is 0.640. The number of hydrogen-bond donors (Lipinski definition) is 1. The number of amides is 1. The number of nitrogens with one attached hydrogen (secondary N) is 1. The fraction of sp³-hybridized carbons (Fsp3) is 0.235. The third-order valence-corrected chi connectivity index (χ3v) is 6.71. The quantitative estimate of drug-likeness (QED) is 0.776. The van der Waals surface area contributed by atoms with E-state index >= 15 is 0 Å². The van der Waals surface area contributed by atoms with Gasteiger partial charge in [0.25, 0.3) is 10.0 Å². The van der Waals surface area contributed by atoms with E-state index in [-0.39, 0.29) is 10.8 Å². The van der Waals surface area contributed by atoms with E-state index < -0.39 is 10.0 Å². The van der Waals surface area contributed by atoms with Gasteiger partial charge in [-0.25, -0.2) is 8.42 Å². The van der Waals surface area contributed by atoms with Crippen LogP contribution in [0.15, 0.2) is 39.7 Å². The summed E-state index contributed by atoms with van der Waals surface area (Å²) in [5.41, 5.74) is 2.81. The maximum absolute atomic E-state index is 12.7. The van der Waals surface area contributed by atoms with Gasteiger partial charge in [0, 0.05) is 23.6 Å². The zero-order chi connectivity index (χ0) is 18.4. The Kier molecular flexibility index (Phi) is 4.83. The van der Waals surface area contributed by atoms with E-state index in [4.69, 9.17) is 11.6 Å². The third kappa shape index (κ3) is 3.54. The van der Waals surface area contributed by atoms with Gasteiger partial charge >= 0.3 is 0 Å². The summed E-state index contributed by atoms with van der Waals surface area (Å²) in [5.74, 6) is -0.0485. The number of fused-ring (bicyclic) bond motifs is 1. The van der Waals surface area contributed by atoms with Crippen molar-refractivity contribution in [2.45, 2.75) is 25.2 Å². The lowest BCUT2D eigenvalue weighted by Gasteiger charge is -2.15. The maximum Gasteiger partial charge on any atom is 0.261 e. The number of benzene rings is 2. The van der Waals surface area contributed by atoms with Gasteiger partial charge in [-0.2, -0.15) is 0 Å². The van der Waals surface area contributed by atoms with E-state index in [9.17, 15) is 13.2 Å². The number of anilines is 2. The van der Waals surface area contributed by atoms with Crippen LogP contribution in [0, 0.1) is 6.92 Å². The Hall–Kier alpha value is -1.57. The summed E-state index contributed by atoms with van der Waals surface area (Å²) in [7, 11) is -3.75. The second kappa shape index (κ2) is 6.63. The molecule has 0 saturated heterocycles. The molecule has 1 heterocycles. The van der Waals surface area contributed by atoms with Crippen LogP contribution in [0.1, 0.15) is 18.1 Å². The lowest BCUT2D eigenvalue weighted by molar-refractivity contribution is -0.116. The number of sulfonamides is 1. The second-order valence-corrected chi connectivity index (χ2v) is 8.84. The Labute approximate surface area is 160 Å². The first kappa shape index (κ1) is 18.2. The Bertz CT molecular complexity index is 976. The molecule has 0 fully saturated rings. The molecule has 3 rings (SSSR count). The zero-order valence-corrected chi connectivity index (χ0v) is 16.8. The SMILES string of the molecule is CC(=O)N1CCc2cc(S(=O)(=O)Nc3cc(Cl)c(Br)cc3C)ccc21. The normalized spacial score (nSPS) is 13.7. The van der Waals surface area contributed by atoms with Gasteiger partial charge in [0.15, 0.2) is 0 Å². The van der Waals surface area contributed by atoms with E-state index in [0.29, 0.717) is 28.1 Å². The first-order valence-corrected chi connectivity index (χ1v) is 10.2. The van der Waals surface area contributed by atoms with Crippen molar-refractivity contribution in [3.05, 3.63) is 51.0 Å². The molecule has 0 aromatic heterocycles. The van der Waals surface area contributed by atoms with Gasteiger partial charge in [-0.05, 0) is 70.7 Å². The molecular weight excluding hydrogens is 428 g/mol. The highest BCUT2D eigenvalue weighted by atomic mass is 79.9. The third-order valence-electron chi connectivity index (χ3n) is 4.15. The summed E-state index contributed by atoms with van der Waals surface area (Å²) in [5, 5.41) is 0.425. The Balaban J connectivity index is 1.94. The molecule has 8 heteroatoms. The fourth-order valence-electron chi connectivity index (χ4n) is 2.83. The molecule has 0 bridgehead atoms. The molecule has 0 unspecified atom stereocenters. The smallest absolute Gasteiger partial charge is 0.261 e. The van der Waals surface area contributed by atoms with Gasteiger partial charge in [0.1, 0.15) is 0 Å². The minimum Gasteiger partial charge on any atom is -0.312 e. The largest absolute Gasteiger partial charge is 0.312 e. The predicted molar refractivity (Wildman–Crippen MR) is 103 cm³/mol. The molecular formula is C17H16BrClN2O3S. The number of halogens is 2. The van der Waals surface area contributed by atoms with Crippen molar-refractivity contribution in [2.24, 2.45) is 0 Å². The molecule has 0 saturated carbocycles. The molecule has 2 aromatic rings. The summed E-state index contributed by atoms with van der Waals surface area (Å²) in [4.78, 5) is 13.4. The lowest BCUT2D eigenvalue weighted by atomic mass is 10.2. The van der Waals surface area contributed by atoms with Gasteiger partial charge in [0.2, 0.25) is 5.91 Å². The van der Waals surface area contributed by atoms with Gasteiger partial charge in [-0.3, -0.25) is 9.52 Å². The summed E-state index contributed by atoms with van der Waals surface area (Å²) in [6, 6.07) is 8.14. The van der Waals surface area contributed by atoms with Crippen LogP contribution in [0.5, 0.6) is 0 Å². The molecule has 2 aromatic carbocycles. The van der Waals surface area contributed by atoms with E-state index in [2.05, 4.69) is 20.7 Å². The molecule has 1 amide bonds. The molecule has 0 aliphatic carbocycles. The maximum atomic E-state index is 12.7. The van der Waals surface area contributed by atoms with Crippen LogP contribution in [0.25, 0.3) is 0 Å². The highest BCUT2D eigenvalue weighted by molar-refractivity contribution is 9.10. The van der Waals surface area contributed by atoms with Crippen molar-refractivity contribution < 1.29 is 13.2 Å². The number of aryl methyl sites for hydroxylation is 1. The molecule has 5 nitrogen and oxygen atoms in total. The highest BCUT2D eigenvalue weighted by Crippen LogP contribution is 2.33. The van der Waals surface area contributed by atoms with Crippen LogP contribution in [-0.4, -0.2) is 20.9 Å². The topological polar surface area (TPSA) is 66.5 Å². The Morgan fingerprint density at radius 2 is 2.00 bits per heavy atom. The van der Waals surface area contributed by atoms with Crippen LogP contribution in [0.4, 0.5) is 11.4 Å². The highest BCUT2D eigenvalue weighted by Gasteiger charge is 2.25. The van der Waals surface area contributed by atoms with E-state index in [1.54, 1.807) is 36.1 Å². The van der Waals surface area contributed by atoms with E-state index in [0.717, 1.165) is 16.8 Å².